The van der Waals surface area contributed by atoms with Gasteiger partial charge in [-0.05, 0) is 30.7 Å². The van der Waals surface area contributed by atoms with Crippen molar-refractivity contribution < 1.29 is 23.9 Å². The van der Waals surface area contributed by atoms with Crippen LogP contribution in [-0.2, 0) is 19.1 Å². The molecule has 0 fully saturated rings. The van der Waals surface area contributed by atoms with Gasteiger partial charge in [0.05, 0.1) is 20.3 Å². The summed E-state index contributed by atoms with van der Waals surface area (Å²) in [6, 6.07) is 5.57. The molecule has 0 saturated carbocycles. The van der Waals surface area contributed by atoms with Gasteiger partial charge in [0.2, 0.25) is 5.95 Å². The summed E-state index contributed by atoms with van der Waals surface area (Å²) in [6.07, 6.45) is 0.0183. The highest BCUT2D eigenvalue weighted by Crippen LogP contribution is 2.20. The van der Waals surface area contributed by atoms with Crippen LogP contribution in [0.15, 0.2) is 29.1 Å². The van der Waals surface area contributed by atoms with Gasteiger partial charge in [-0.1, -0.05) is 0 Å². The molecular formula is C21H27N7O6. The molecule has 7 N–H and O–H groups in total. The number of nitrogens with two attached hydrogens (primary N) is 1. The van der Waals surface area contributed by atoms with Crippen molar-refractivity contribution in [1.82, 2.24) is 15.3 Å². The summed E-state index contributed by atoms with van der Waals surface area (Å²) in [6.45, 7) is 1.01. The highest BCUT2D eigenvalue weighted by molar-refractivity contribution is 5.97. The molecule has 2 atom stereocenters. The Labute approximate surface area is 194 Å². The molecule has 1 amide bonds. The number of nitrogens with zero attached hydrogens (tertiary/aromatic N) is 1. The van der Waals surface area contributed by atoms with E-state index in [4.69, 9.17) is 10.5 Å². The van der Waals surface area contributed by atoms with Gasteiger partial charge in [0, 0.05) is 30.8 Å². The van der Waals surface area contributed by atoms with Crippen LogP contribution in [0.4, 0.5) is 23.1 Å². The minimum Gasteiger partial charge on any atom is -0.469 e. The number of benzene rings is 1. The van der Waals surface area contributed by atoms with E-state index in [-0.39, 0.29) is 30.4 Å². The monoisotopic (exact) mass is 473 g/mol. The van der Waals surface area contributed by atoms with Crippen LogP contribution in [0.5, 0.6) is 0 Å². The lowest BCUT2D eigenvalue weighted by Crippen LogP contribution is -2.42. The average Bonchev–Trinajstić information content (AvgIpc) is 2.84. The molecule has 0 saturated heterocycles. The van der Waals surface area contributed by atoms with Gasteiger partial charge in [0.1, 0.15) is 11.7 Å². The lowest BCUT2D eigenvalue weighted by Gasteiger charge is -2.27. The fourth-order valence-corrected chi connectivity index (χ4v) is 3.33. The molecule has 2 heterocycles. The van der Waals surface area contributed by atoms with Gasteiger partial charge < -0.3 is 36.5 Å². The molecule has 34 heavy (non-hydrogen) atoms. The fourth-order valence-electron chi connectivity index (χ4n) is 3.33. The molecule has 1 aromatic heterocycles. The molecule has 0 radical (unpaired) electrons. The van der Waals surface area contributed by atoms with Crippen molar-refractivity contribution in [2.75, 3.05) is 49.0 Å². The first-order valence-corrected chi connectivity index (χ1v) is 10.5. The maximum atomic E-state index is 12.6. The number of hydrogen-bond acceptors (Lipinski definition) is 11. The van der Waals surface area contributed by atoms with Gasteiger partial charge in [-0.25, -0.2) is 4.79 Å². The number of methoxy groups -OCH3 is 2. The van der Waals surface area contributed by atoms with Crippen LogP contribution < -0.4 is 32.6 Å². The molecule has 0 spiro atoms. The standard InChI is InChI=1S/C21H27N7O6/c1-33-15(29)8-7-14(20(32)34-2)26-18(30)11-3-5-12(6-4-11)23-9-13-10-24-17-16(25-13)19(31)28-21(22)27-17/h3-6,13-14,23,25H,7-10H2,1-2H3,(H,26,30)(H4,22,24,27,28,31)/t13-,14?/m0/s1. The van der Waals surface area contributed by atoms with Crippen LogP contribution in [0, 0.1) is 0 Å². The van der Waals surface area contributed by atoms with Crippen molar-refractivity contribution in [3.8, 4) is 0 Å². The van der Waals surface area contributed by atoms with E-state index in [9.17, 15) is 19.2 Å². The summed E-state index contributed by atoms with van der Waals surface area (Å²) in [7, 11) is 2.45. The second-order valence-electron chi connectivity index (χ2n) is 7.52. The fraction of sp³-hybridized carbons (Fsp3) is 0.381. The predicted octanol–water partition coefficient (Wildman–Crippen LogP) is -0.105. The van der Waals surface area contributed by atoms with Gasteiger partial charge in [-0.15, -0.1) is 0 Å². The Bertz CT molecular complexity index is 1100. The zero-order valence-corrected chi connectivity index (χ0v) is 18.8. The summed E-state index contributed by atoms with van der Waals surface area (Å²) in [5.74, 6) is -1.17. The maximum absolute atomic E-state index is 12.6. The summed E-state index contributed by atoms with van der Waals surface area (Å²) < 4.78 is 9.27. The smallest absolute Gasteiger partial charge is 0.328 e. The third-order valence-corrected chi connectivity index (χ3v) is 5.16. The van der Waals surface area contributed by atoms with Crippen LogP contribution in [0.25, 0.3) is 0 Å². The van der Waals surface area contributed by atoms with E-state index in [0.29, 0.717) is 30.2 Å². The quantitative estimate of drug-likeness (QED) is 0.267. The molecule has 1 unspecified atom stereocenters. The highest BCUT2D eigenvalue weighted by Gasteiger charge is 2.24. The van der Waals surface area contributed by atoms with Crippen molar-refractivity contribution in [3.63, 3.8) is 0 Å². The van der Waals surface area contributed by atoms with E-state index in [1.807, 2.05) is 0 Å². The highest BCUT2D eigenvalue weighted by atomic mass is 16.5. The Morgan fingerprint density at radius 1 is 1.21 bits per heavy atom. The van der Waals surface area contributed by atoms with Crippen LogP contribution in [0.3, 0.4) is 0 Å². The van der Waals surface area contributed by atoms with E-state index in [1.165, 1.54) is 14.2 Å². The Morgan fingerprint density at radius 2 is 1.94 bits per heavy atom. The Morgan fingerprint density at radius 3 is 2.62 bits per heavy atom. The van der Waals surface area contributed by atoms with Gasteiger partial charge >= 0.3 is 11.9 Å². The zero-order chi connectivity index (χ0) is 24.7. The normalized spacial score (nSPS) is 15.1. The average molecular weight is 473 g/mol. The largest absolute Gasteiger partial charge is 0.469 e. The second-order valence-corrected chi connectivity index (χ2v) is 7.52. The third kappa shape index (κ3) is 6.15. The van der Waals surface area contributed by atoms with Gasteiger partial charge in [-0.2, -0.15) is 4.98 Å². The van der Waals surface area contributed by atoms with E-state index < -0.39 is 23.9 Å². The van der Waals surface area contributed by atoms with E-state index >= 15 is 0 Å². The van der Waals surface area contributed by atoms with Crippen molar-refractivity contribution in [2.24, 2.45) is 0 Å². The number of esters is 2. The first-order valence-electron chi connectivity index (χ1n) is 10.5. The number of anilines is 4. The lowest BCUT2D eigenvalue weighted by atomic mass is 10.1. The Balaban J connectivity index is 1.55. The number of fused-ring (bicyclic) bond motifs is 1. The van der Waals surface area contributed by atoms with E-state index in [1.54, 1.807) is 24.3 Å². The van der Waals surface area contributed by atoms with Crippen molar-refractivity contribution in [1.29, 1.82) is 0 Å². The molecule has 182 valence electrons. The first kappa shape index (κ1) is 24.4. The zero-order valence-electron chi connectivity index (χ0n) is 18.8. The van der Waals surface area contributed by atoms with E-state index in [0.717, 1.165) is 5.69 Å². The number of nitrogens with one attached hydrogen (secondary N) is 5. The molecule has 1 aliphatic heterocycles. The lowest BCUT2D eigenvalue weighted by molar-refractivity contribution is -0.144. The molecule has 2 aromatic rings. The van der Waals surface area contributed by atoms with Crippen molar-refractivity contribution in [3.05, 3.63) is 40.2 Å². The van der Waals surface area contributed by atoms with Crippen LogP contribution in [-0.4, -0.2) is 67.2 Å². The summed E-state index contributed by atoms with van der Waals surface area (Å²) in [5, 5.41) is 12.0. The van der Waals surface area contributed by atoms with Gasteiger partial charge in [-0.3, -0.25) is 19.4 Å². The molecule has 0 aliphatic carbocycles. The van der Waals surface area contributed by atoms with E-state index in [2.05, 4.69) is 36.0 Å². The predicted molar refractivity (Wildman–Crippen MR) is 125 cm³/mol. The maximum Gasteiger partial charge on any atom is 0.328 e. The number of aromatic nitrogens is 2. The van der Waals surface area contributed by atoms with Crippen LogP contribution in [0.2, 0.25) is 0 Å². The Kier molecular flexibility index (Phi) is 7.90. The van der Waals surface area contributed by atoms with Gasteiger partial charge in [0.15, 0.2) is 5.82 Å². The minimum atomic E-state index is -0.977. The van der Waals surface area contributed by atoms with Gasteiger partial charge in [0.25, 0.3) is 11.5 Å². The molecular weight excluding hydrogens is 446 g/mol. The first-order chi connectivity index (χ1) is 16.3. The number of rotatable bonds is 9. The number of aromatic amines is 1. The number of ether oxygens (including phenoxy) is 2. The van der Waals surface area contributed by atoms with Crippen molar-refractivity contribution >= 4 is 41.0 Å². The summed E-state index contributed by atoms with van der Waals surface area (Å²) in [5.41, 5.74) is 6.61. The number of carbonyl (C=O) groups excluding carboxylic acids is 3. The topological polar surface area (TPSA) is 190 Å². The molecule has 3 rings (SSSR count). The second kappa shape index (κ2) is 11.0. The Hall–Kier alpha value is -4.29. The number of amides is 1. The minimum absolute atomic E-state index is 0.0384. The number of nitrogen functional groups attached to an aromatic ring is 1. The van der Waals surface area contributed by atoms with Crippen LogP contribution in [0.1, 0.15) is 23.2 Å². The molecule has 1 aliphatic rings. The molecule has 1 aromatic carbocycles. The summed E-state index contributed by atoms with van der Waals surface area (Å²) in [4.78, 5) is 54.4. The number of hydrogen-bond donors (Lipinski definition) is 6. The van der Waals surface area contributed by atoms with Crippen molar-refractivity contribution in [2.45, 2.75) is 24.9 Å². The molecule has 13 nitrogen and oxygen atoms in total. The SMILES string of the molecule is COC(=O)CCC(NC(=O)c1ccc(NC[C@H]2CNc3nc(N)[nH]c(=O)c3N2)cc1)C(=O)OC. The number of carbonyl (C=O) groups is 3. The van der Waals surface area contributed by atoms with Crippen LogP contribution >= 0.6 is 0 Å². The third-order valence-electron chi connectivity index (χ3n) is 5.16. The summed E-state index contributed by atoms with van der Waals surface area (Å²) >= 11 is 0. The molecule has 13 heteroatoms. The molecule has 0 bridgehead atoms. The number of H-pyrrole nitrogens is 1.